The number of hydrogen-bond donors (Lipinski definition) is 0. The summed E-state index contributed by atoms with van der Waals surface area (Å²) in [6.07, 6.45) is 6.37. The molecule has 0 radical (unpaired) electrons. The average molecular weight is 363 g/mol. The zero-order valence-electron chi connectivity index (χ0n) is 16.1. The molecule has 0 N–H and O–H groups in total. The topological polar surface area (TPSA) is 23.6 Å². The number of hydrogen-bond acceptors (Lipinski definition) is 2. The van der Waals surface area contributed by atoms with Crippen LogP contribution < -0.4 is 4.90 Å². The van der Waals surface area contributed by atoms with Crippen LogP contribution in [-0.4, -0.2) is 37.0 Å². The molecule has 3 heteroatoms. The molecule has 27 heavy (non-hydrogen) atoms. The summed E-state index contributed by atoms with van der Waals surface area (Å²) in [5.41, 5.74) is 3.89. The fourth-order valence-corrected chi connectivity index (χ4v) is 4.58. The molecule has 2 heterocycles. The fraction of sp³-hybridized carbons (Fsp3) is 0.458. The standard InChI is InChI=1S/C24H30N2O/c27-24-13-12-22-10-4-5-11-23(22)26(24)18-15-21-9-6-16-25(19-21)17-14-20-7-2-1-3-8-20/h1-5,7-8,10-11,21H,6,9,12-19H2. The van der Waals surface area contributed by atoms with Crippen LogP contribution in [0.15, 0.2) is 54.6 Å². The van der Waals surface area contributed by atoms with Gasteiger partial charge in [0.1, 0.15) is 0 Å². The number of carbonyl (C=O) groups excluding carboxylic acids is 1. The quantitative estimate of drug-likeness (QED) is 0.764. The van der Waals surface area contributed by atoms with E-state index in [-0.39, 0.29) is 0 Å². The number of para-hydroxylation sites is 1. The molecule has 2 aromatic rings. The lowest BCUT2D eigenvalue weighted by Crippen LogP contribution is -2.40. The number of rotatable bonds is 6. The zero-order chi connectivity index (χ0) is 18.5. The molecule has 4 rings (SSSR count). The minimum Gasteiger partial charge on any atom is -0.312 e. The van der Waals surface area contributed by atoms with Gasteiger partial charge in [0.25, 0.3) is 0 Å². The van der Waals surface area contributed by atoms with Gasteiger partial charge in [-0.25, -0.2) is 0 Å². The highest BCUT2D eigenvalue weighted by molar-refractivity contribution is 5.96. The number of nitrogens with zero attached hydrogens (tertiary/aromatic N) is 2. The molecule has 0 bridgehead atoms. The number of piperidine rings is 1. The van der Waals surface area contributed by atoms with Gasteiger partial charge in [-0.1, -0.05) is 48.5 Å². The van der Waals surface area contributed by atoms with E-state index in [2.05, 4.69) is 59.5 Å². The predicted molar refractivity (Wildman–Crippen MR) is 111 cm³/mol. The van der Waals surface area contributed by atoms with Crippen LogP contribution in [0.5, 0.6) is 0 Å². The Labute approximate surface area is 163 Å². The third-order valence-electron chi connectivity index (χ3n) is 6.12. The Morgan fingerprint density at radius 3 is 2.63 bits per heavy atom. The van der Waals surface area contributed by atoms with Crippen molar-refractivity contribution < 1.29 is 4.79 Å². The summed E-state index contributed by atoms with van der Waals surface area (Å²) in [7, 11) is 0. The van der Waals surface area contributed by atoms with Crippen LogP contribution in [0.3, 0.4) is 0 Å². The number of anilines is 1. The van der Waals surface area contributed by atoms with E-state index in [1.165, 1.54) is 37.1 Å². The lowest BCUT2D eigenvalue weighted by Gasteiger charge is -2.35. The largest absolute Gasteiger partial charge is 0.312 e. The molecule has 0 aliphatic carbocycles. The number of aryl methyl sites for hydroxylation is 1. The molecule has 2 aliphatic heterocycles. The van der Waals surface area contributed by atoms with Crippen molar-refractivity contribution in [3.8, 4) is 0 Å². The van der Waals surface area contributed by atoms with Crippen molar-refractivity contribution in [2.45, 2.75) is 38.5 Å². The van der Waals surface area contributed by atoms with Crippen LogP contribution in [0.25, 0.3) is 0 Å². The lowest BCUT2D eigenvalue weighted by atomic mass is 9.93. The van der Waals surface area contributed by atoms with Crippen LogP contribution in [0.4, 0.5) is 5.69 Å². The first-order chi connectivity index (χ1) is 13.3. The first-order valence-corrected chi connectivity index (χ1v) is 10.4. The van der Waals surface area contributed by atoms with E-state index >= 15 is 0 Å². The second-order valence-corrected chi connectivity index (χ2v) is 8.01. The van der Waals surface area contributed by atoms with Crippen molar-refractivity contribution in [2.24, 2.45) is 5.92 Å². The van der Waals surface area contributed by atoms with E-state index in [1.807, 2.05) is 4.90 Å². The Bertz CT molecular complexity index is 758. The van der Waals surface area contributed by atoms with E-state index in [0.29, 0.717) is 18.2 Å². The summed E-state index contributed by atoms with van der Waals surface area (Å²) < 4.78 is 0. The van der Waals surface area contributed by atoms with Gasteiger partial charge in [0.05, 0.1) is 0 Å². The van der Waals surface area contributed by atoms with Crippen molar-refractivity contribution in [2.75, 3.05) is 31.1 Å². The van der Waals surface area contributed by atoms with Crippen LogP contribution in [0.2, 0.25) is 0 Å². The van der Waals surface area contributed by atoms with Gasteiger partial charge in [-0.15, -0.1) is 0 Å². The molecule has 3 nitrogen and oxygen atoms in total. The molecule has 142 valence electrons. The van der Waals surface area contributed by atoms with Crippen LogP contribution in [-0.2, 0) is 17.6 Å². The maximum Gasteiger partial charge on any atom is 0.227 e. The van der Waals surface area contributed by atoms with Gasteiger partial charge in [0, 0.05) is 31.7 Å². The third-order valence-corrected chi connectivity index (χ3v) is 6.12. The Hall–Kier alpha value is -2.13. The summed E-state index contributed by atoms with van der Waals surface area (Å²) in [5.74, 6) is 1.00. The molecule has 2 aromatic carbocycles. The first-order valence-electron chi connectivity index (χ1n) is 10.4. The van der Waals surface area contributed by atoms with Crippen molar-refractivity contribution >= 4 is 11.6 Å². The number of fused-ring (bicyclic) bond motifs is 1. The van der Waals surface area contributed by atoms with Crippen molar-refractivity contribution in [1.29, 1.82) is 0 Å². The van der Waals surface area contributed by atoms with Gasteiger partial charge in [-0.05, 0) is 61.8 Å². The number of carbonyl (C=O) groups is 1. The van der Waals surface area contributed by atoms with E-state index in [4.69, 9.17) is 0 Å². The maximum atomic E-state index is 12.5. The second-order valence-electron chi connectivity index (χ2n) is 8.01. The summed E-state index contributed by atoms with van der Waals surface area (Å²) in [6, 6.07) is 19.2. The molecule has 1 fully saturated rings. The summed E-state index contributed by atoms with van der Waals surface area (Å²) in [5, 5.41) is 0. The van der Waals surface area contributed by atoms with Gasteiger partial charge < -0.3 is 9.80 Å². The molecule has 1 amide bonds. The first kappa shape index (κ1) is 18.2. The van der Waals surface area contributed by atoms with Crippen molar-refractivity contribution in [1.82, 2.24) is 4.90 Å². The number of likely N-dealkylation sites (tertiary alicyclic amines) is 1. The van der Waals surface area contributed by atoms with Gasteiger partial charge in [0.2, 0.25) is 5.91 Å². The SMILES string of the molecule is O=C1CCc2ccccc2N1CCC1CCCN(CCc2ccccc2)C1. The normalized spacial score (nSPS) is 20.5. The Morgan fingerprint density at radius 1 is 0.926 bits per heavy atom. The maximum absolute atomic E-state index is 12.5. The third kappa shape index (κ3) is 4.59. The predicted octanol–water partition coefficient (Wildman–Crippen LogP) is 4.31. The molecular formula is C24H30N2O. The molecule has 0 aromatic heterocycles. The second kappa shape index (κ2) is 8.71. The highest BCUT2D eigenvalue weighted by atomic mass is 16.2. The van der Waals surface area contributed by atoms with Gasteiger partial charge in [-0.3, -0.25) is 4.79 Å². The molecule has 1 saturated heterocycles. The van der Waals surface area contributed by atoms with E-state index in [9.17, 15) is 4.79 Å². The smallest absolute Gasteiger partial charge is 0.227 e. The molecular weight excluding hydrogens is 332 g/mol. The zero-order valence-corrected chi connectivity index (χ0v) is 16.1. The number of benzene rings is 2. The summed E-state index contributed by atoms with van der Waals surface area (Å²) >= 11 is 0. The Kier molecular flexibility index (Phi) is 5.88. The lowest BCUT2D eigenvalue weighted by molar-refractivity contribution is -0.118. The highest BCUT2D eigenvalue weighted by Crippen LogP contribution is 2.29. The van der Waals surface area contributed by atoms with Gasteiger partial charge in [-0.2, -0.15) is 0 Å². The molecule has 0 saturated carbocycles. The minimum atomic E-state index is 0.297. The van der Waals surface area contributed by atoms with Gasteiger partial charge in [0.15, 0.2) is 0 Å². The van der Waals surface area contributed by atoms with Crippen molar-refractivity contribution in [3.63, 3.8) is 0 Å². The molecule has 1 unspecified atom stereocenters. The minimum absolute atomic E-state index is 0.297. The van der Waals surface area contributed by atoms with Crippen molar-refractivity contribution in [3.05, 3.63) is 65.7 Å². The Morgan fingerprint density at radius 2 is 1.74 bits per heavy atom. The van der Waals surface area contributed by atoms with E-state index in [0.717, 1.165) is 38.0 Å². The Balaban J connectivity index is 1.30. The fourth-order valence-electron chi connectivity index (χ4n) is 4.58. The van der Waals surface area contributed by atoms with Crippen LogP contribution >= 0.6 is 0 Å². The van der Waals surface area contributed by atoms with Crippen LogP contribution in [0.1, 0.15) is 36.8 Å². The van der Waals surface area contributed by atoms with E-state index in [1.54, 1.807) is 0 Å². The number of amides is 1. The molecule has 2 aliphatic rings. The van der Waals surface area contributed by atoms with Gasteiger partial charge >= 0.3 is 0 Å². The van der Waals surface area contributed by atoms with E-state index < -0.39 is 0 Å². The molecule has 1 atom stereocenters. The highest BCUT2D eigenvalue weighted by Gasteiger charge is 2.26. The molecule has 0 spiro atoms. The summed E-state index contributed by atoms with van der Waals surface area (Å²) in [4.78, 5) is 17.1. The average Bonchev–Trinajstić information content (AvgIpc) is 2.73. The van der Waals surface area contributed by atoms with Crippen LogP contribution in [0, 0.1) is 5.92 Å². The summed E-state index contributed by atoms with van der Waals surface area (Å²) in [6.45, 7) is 4.41. The monoisotopic (exact) mass is 362 g/mol.